The van der Waals surface area contributed by atoms with Gasteiger partial charge in [0, 0.05) is 13.0 Å². The number of hydrogen-bond acceptors (Lipinski definition) is 4. The number of carbonyl (C=O) groups is 1. The Morgan fingerprint density at radius 3 is 2.59 bits per heavy atom. The molecular weight excluding hydrogens is 370 g/mol. The Morgan fingerprint density at radius 2 is 2.05 bits per heavy atom. The van der Waals surface area contributed by atoms with Crippen LogP contribution in [0.4, 0.5) is 0 Å². The van der Waals surface area contributed by atoms with E-state index in [9.17, 15) is 4.79 Å². The van der Waals surface area contributed by atoms with Gasteiger partial charge in [-0.2, -0.15) is 0 Å². The van der Waals surface area contributed by atoms with E-state index in [1.165, 1.54) is 12.7 Å². The summed E-state index contributed by atoms with van der Waals surface area (Å²) in [6.45, 7) is 7.18. The number of methoxy groups -OCH3 is 1. The van der Waals surface area contributed by atoms with Crippen LogP contribution in [0.1, 0.15) is 32.8 Å². The normalized spacial score (nSPS) is 21.1. The van der Waals surface area contributed by atoms with Crippen molar-refractivity contribution >= 4 is 34.3 Å². The van der Waals surface area contributed by atoms with Crippen LogP contribution in [-0.4, -0.2) is 31.8 Å². The molecule has 1 aromatic carbocycles. The van der Waals surface area contributed by atoms with E-state index in [0.29, 0.717) is 13.0 Å². The van der Waals surface area contributed by atoms with Crippen LogP contribution >= 0.6 is 28.3 Å². The Morgan fingerprint density at radius 1 is 1.36 bits per heavy atom. The fourth-order valence-corrected chi connectivity index (χ4v) is 2.83. The molecule has 0 amide bonds. The van der Waals surface area contributed by atoms with Gasteiger partial charge in [0.25, 0.3) is 0 Å². The topological polar surface area (TPSA) is 47.6 Å². The summed E-state index contributed by atoms with van der Waals surface area (Å²) < 4.78 is 11.7. The summed E-state index contributed by atoms with van der Waals surface area (Å²) in [6, 6.07) is 5.89. The van der Waals surface area contributed by atoms with Gasteiger partial charge >= 0.3 is 5.97 Å². The first-order valence-electron chi connectivity index (χ1n) is 7.09. The largest absolute Gasteiger partial charge is 0.488 e. The van der Waals surface area contributed by atoms with Gasteiger partial charge < -0.3 is 14.8 Å². The van der Waals surface area contributed by atoms with E-state index in [-0.39, 0.29) is 35.9 Å². The fourth-order valence-electron chi connectivity index (χ4n) is 2.36. The number of hydrogen-bond donors (Lipinski definition) is 1. The highest BCUT2D eigenvalue weighted by atomic mass is 79.9. The molecule has 2 atom stereocenters. The molecule has 1 aromatic rings. The molecule has 0 radical (unpaired) electrons. The summed E-state index contributed by atoms with van der Waals surface area (Å²) in [6.07, 6.45) is 0.603. The first-order valence-corrected chi connectivity index (χ1v) is 7.88. The third-order valence-electron chi connectivity index (χ3n) is 3.67. The van der Waals surface area contributed by atoms with Gasteiger partial charge in [-0.05, 0) is 39.0 Å². The maximum atomic E-state index is 11.5. The maximum absolute atomic E-state index is 11.5. The average Bonchev–Trinajstić information content (AvgIpc) is 2.87. The zero-order chi connectivity index (χ0) is 15.6. The van der Waals surface area contributed by atoms with Crippen molar-refractivity contribution in [3.63, 3.8) is 0 Å². The first kappa shape index (κ1) is 19.3. The van der Waals surface area contributed by atoms with Crippen LogP contribution in [0.5, 0.6) is 5.75 Å². The van der Waals surface area contributed by atoms with Crippen molar-refractivity contribution in [3.05, 3.63) is 28.2 Å². The Balaban J connectivity index is 0.00000242. The quantitative estimate of drug-likeness (QED) is 0.800. The van der Waals surface area contributed by atoms with E-state index >= 15 is 0 Å². The molecule has 0 bridgehead atoms. The van der Waals surface area contributed by atoms with E-state index in [1.54, 1.807) is 0 Å². The number of halogens is 2. The molecule has 0 aliphatic carbocycles. The predicted octanol–water partition coefficient (Wildman–Crippen LogP) is 3.45. The molecule has 1 aliphatic rings. The Bertz CT molecular complexity index is 531. The zero-order valence-corrected chi connectivity index (χ0v) is 15.7. The van der Waals surface area contributed by atoms with Crippen LogP contribution in [0.2, 0.25) is 0 Å². The second-order valence-corrected chi connectivity index (χ2v) is 7.21. The van der Waals surface area contributed by atoms with Gasteiger partial charge in [-0.1, -0.05) is 26.8 Å². The number of esters is 1. The van der Waals surface area contributed by atoms with Crippen LogP contribution in [0, 0.1) is 0 Å². The number of benzene rings is 1. The van der Waals surface area contributed by atoms with Gasteiger partial charge in [-0.25, -0.2) is 0 Å². The first-order chi connectivity index (χ1) is 9.81. The van der Waals surface area contributed by atoms with E-state index in [4.69, 9.17) is 9.47 Å². The minimum Gasteiger partial charge on any atom is -0.488 e. The smallest absolute Gasteiger partial charge is 0.323 e. The van der Waals surface area contributed by atoms with Crippen molar-refractivity contribution in [2.75, 3.05) is 13.7 Å². The Labute approximate surface area is 146 Å². The lowest BCUT2D eigenvalue weighted by Gasteiger charge is -2.21. The third kappa shape index (κ3) is 4.61. The van der Waals surface area contributed by atoms with Crippen LogP contribution in [0.25, 0.3) is 0 Å². The SMILES string of the molecule is COC(=O)[C@@H]1C[C@@H](Oc2ccc(C(C)(C)C)cc2Br)CN1.Cl. The van der Waals surface area contributed by atoms with E-state index < -0.39 is 0 Å². The molecule has 1 saturated heterocycles. The molecule has 22 heavy (non-hydrogen) atoms. The lowest BCUT2D eigenvalue weighted by Crippen LogP contribution is -2.31. The highest BCUT2D eigenvalue weighted by molar-refractivity contribution is 9.10. The maximum Gasteiger partial charge on any atom is 0.323 e. The summed E-state index contributed by atoms with van der Waals surface area (Å²) in [4.78, 5) is 11.5. The van der Waals surface area contributed by atoms with Gasteiger partial charge in [0.1, 0.15) is 17.9 Å². The molecule has 2 rings (SSSR count). The molecule has 6 heteroatoms. The molecular formula is C16H23BrClNO3. The van der Waals surface area contributed by atoms with E-state index in [0.717, 1.165) is 10.2 Å². The van der Waals surface area contributed by atoms with Gasteiger partial charge in [-0.15, -0.1) is 12.4 Å². The van der Waals surface area contributed by atoms with Crippen molar-refractivity contribution in [2.24, 2.45) is 0 Å². The number of carbonyl (C=O) groups excluding carboxylic acids is 1. The zero-order valence-electron chi connectivity index (χ0n) is 13.3. The van der Waals surface area contributed by atoms with Crippen molar-refractivity contribution in [3.8, 4) is 5.75 Å². The number of nitrogens with one attached hydrogen (secondary N) is 1. The van der Waals surface area contributed by atoms with Crippen molar-refractivity contribution < 1.29 is 14.3 Å². The standard InChI is InChI=1S/C16H22BrNO3.ClH/c1-16(2,3)10-5-6-14(12(17)7-10)21-11-8-13(18-9-11)15(19)20-4;/h5-7,11,13,18H,8-9H2,1-4H3;1H/t11-,13+;/m1./s1. The van der Waals surface area contributed by atoms with Gasteiger partial charge in [0.05, 0.1) is 11.6 Å². The van der Waals surface area contributed by atoms with Crippen LogP contribution in [0.15, 0.2) is 22.7 Å². The number of ether oxygens (including phenoxy) is 2. The summed E-state index contributed by atoms with van der Waals surface area (Å²) in [5.74, 6) is 0.573. The Kier molecular flexibility index (Phi) is 6.71. The number of rotatable bonds is 3. The summed E-state index contributed by atoms with van der Waals surface area (Å²) in [7, 11) is 1.40. The molecule has 0 unspecified atom stereocenters. The molecule has 0 spiro atoms. The van der Waals surface area contributed by atoms with Gasteiger partial charge in [0.15, 0.2) is 0 Å². The molecule has 1 heterocycles. The van der Waals surface area contributed by atoms with E-state index in [2.05, 4.69) is 54.2 Å². The monoisotopic (exact) mass is 391 g/mol. The van der Waals surface area contributed by atoms with E-state index in [1.807, 2.05) is 6.07 Å². The van der Waals surface area contributed by atoms with Crippen molar-refractivity contribution in [2.45, 2.75) is 44.8 Å². The molecule has 0 saturated carbocycles. The second kappa shape index (κ2) is 7.66. The fraction of sp³-hybridized carbons (Fsp3) is 0.562. The predicted molar refractivity (Wildman–Crippen MR) is 92.9 cm³/mol. The van der Waals surface area contributed by atoms with Crippen LogP contribution in [-0.2, 0) is 14.9 Å². The molecule has 1 N–H and O–H groups in total. The summed E-state index contributed by atoms with van der Waals surface area (Å²) >= 11 is 3.57. The molecule has 1 aliphatic heterocycles. The molecule has 0 aromatic heterocycles. The van der Waals surface area contributed by atoms with Crippen molar-refractivity contribution in [1.29, 1.82) is 0 Å². The third-order valence-corrected chi connectivity index (χ3v) is 4.29. The van der Waals surface area contributed by atoms with Crippen LogP contribution < -0.4 is 10.1 Å². The average molecular weight is 393 g/mol. The summed E-state index contributed by atoms with van der Waals surface area (Å²) in [5, 5.41) is 3.12. The summed E-state index contributed by atoms with van der Waals surface area (Å²) in [5.41, 5.74) is 1.35. The highest BCUT2D eigenvalue weighted by Gasteiger charge is 2.31. The Hall–Kier alpha value is -0.780. The van der Waals surface area contributed by atoms with Crippen LogP contribution in [0.3, 0.4) is 0 Å². The minimum atomic E-state index is -0.271. The second-order valence-electron chi connectivity index (χ2n) is 6.35. The lowest BCUT2D eigenvalue weighted by atomic mass is 9.87. The molecule has 1 fully saturated rings. The molecule has 4 nitrogen and oxygen atoms in total. The van der Waals surface area contributed by atoms with Gasteiger partial charge in [-0.3, -0.25) is 4.79 Å². The van der Waals surface area contributed by atoms with Crippen molar-refractivity contribution in [1.82, 2.24) is 5.32 Å². The molecule has 124 valence electrons. The lowest BCUT2D eigenvalue weighted by molar-refractivity contribution is -0.142. The highest BCUT2D eigenvalue weighted by Crippen LogP contribution is 2.32. The minimum absolute atomic E-state index is 0. The van der Waals surface area contributed by atoms with Gasteiger partial charge in [0.2, 0.25) is 0 Å².